The van der Waals surface area contributed by atoms with Crippen LogP contribution in [0.15, 0.2) is 42.5 Å². The van der Waals surface area contributed by atoms with E-state index in [-0.39, 0.29) is 0 Å². The molecule has 2 aromatic rings. The minimum Gasteiger partial charge on any atom is -0.493 e. The first-order chi connectivity index (χ1) is 12.9. The van der Waals surface area contributed by atoms with Crippen LogP contribution in [0.3, 0.4) is 0 Å². The lowest BCUT2D eigenvalue weighted by molar-refractivity contribution is -0.159. The Labute approximate surface area is 162 Å². The van der Waals surface area contributed by atoms with Crippen LogP contribution in [0.1, 0.15) is 11.1 Å². The Morgan fingerprint density at radius 1 is 1.00 bits per heavy atom. The average Bonchev–Trinajstić information content (AvgIpc) is 2.66. The summed E-state index contributed by atoms with van der Waals surface area (Å²) in [6.45, 7) is 1.63. The van der Waals surface area contributed by atoms with Gasteiger partial charge < -0.3 is 25.0 Å². The normalized spacial score (nSPS) is 9.74. The molecule has 0 amide bonds. The van der Waals surface area contributed by atoms with Gasteiger partial charge in [0.1, 0.15) is 0 Å². The van der Waals surface area contributed by atoms with Crippen molar-refractivity contribution in [3.8, 4) is 11.5 Å². The van der Waals surface area contributed by atoms with Gasteiger partial charge >= 0.3 is 11.9 Å². The van der Waals surface area contributed by atoms with Crippen LogP contribution in [0.4, 0.5) is 0 Å². The number of benzene rings is 2. The Morgan fingerprint density at radius 2 is 1.63 bits per heavy atom. The molecule has 27 heavy (non-hydrogen) atoms. The zero-order valence-electron chi connectivity index (χ0n) is 15.1. The second-order valence-corrected chi connectivity index (χ2v) is 5.75. The number of carbonyl (C=O) groups is 2. The molecule has 0 heterocycles. The van der Waals surface area contributed by atoms with Gasteiger partial charge in [0.25, 0.3) is 0 Å². The molecule has 8 heteroatoms. The molecule has 0 radical (unpaired) electrons. The zero-order valence-corrected chi connectivity index (χ0v) is 15.8. The molecule has 2 aromatic carbocycles. The Balaban J connectivity index is 0.000000527. The van der Waals surface area contributed by atoms with Gasteiger partial charge in [-0.2, -0.15) is 0 Å². The molecular weight excluding hydrogens is 374 g/mol. The van der Waals surface area contributed by atoms with Crippen molar-refractivity contribution < 1.29 is 29.3 Å². The Hall–Kier alpha value is -2.77. The largest absolute Gasteiger partial charge is 0.493 e. The van der Waals surface area contributed by atoms with Crippen LogP contribution in [-0.2, 0) is 22.6 Å². The lowest BCUT2D eigenvalue weighted by atomic mass is 10.1. The fourth-order valence-electron chi connectivity index (χ4n) is 2.20. The maximum atomic E-state index is 9.10. The lowest BCUT2D eigenvalue weighted by Gasteiger charge is -2.13. The quantitative estimate of drug-likeness (QED) is 0.489. The standard InChI is InChI=1S/C17H20ClNO2.C2H2O4/c1-20-16-5-3-4-14(17(16)21-2)12-19-11-10-13-6-8-15(18)9-7-13;3-1(4)2(5)6/h3-9,19H,10-12H2,1-2H3;(H,3,4)(H,5,6). The van der Waals surface area contributed by atoms with Gasteiger partial charge in [0.15, 0.2) is 11.5 Å². The molecule has 2 rings (SSSR count). The van der Waals surface area contributed by atoms with Crippen LogP contribution in [0.25, 0.3) is 0 Å². The number of ether oxygens (including phenoxy) is 2. The highest BCUT2D eigenvalue weighted by Crippen LogP contribution is 2.30. The molecule has 0 saturated carbocycles. The molecule has 0 atom stereocenters. The number of carboxylic acids is 2. The van der Waals surface area contributed by atoms with E-state index in [9.17, 15) is 0 Å². The summed E-state index contributed by atoms with van der Waals surface area (Å²) in [5.74, 6) is -2.10. The Bertz CT molecular complexity index is 736. The monoisotopic (exact) mass is 395 g/mol. The number of methoxy groups -OCH3 is 2. The highest BCUT2D eigenvalue weighted by atomic mass is 35.5. The number of para-hydroxylation sites is 1. The van der Waals surface area contributed by atoms with E-state index in [1.165, 1.54) is 5.56 Å². The van der Waals surface area contributed by atoms with Crippen LogP contribution in [-0.4, -0.2) is 42.9 Å². The van der Waals surface area contributed by atoms with Crippen molar-refractivity contribution in [1.82, 2.24) is 5.32 Å². The average molecular weight is 396 g/mol. The maximum Gasteiger partial charge on any atom is 0.414 e. The van der Waals surface area contributed by atoms with Crippen LogP contribution < -0.4 is 14.8 Å². The summed E-state index contributed by atoms with van der Waals surface area (Å²) in [5, 5.41) is 19.0. The first-order valence-electron chi connectivity index (χ1n) is 8.00. The van der Waals surface area contributed by atoms with Crippen molar-refractivity contribution in [3.63, 3.8) is 0 Å². The minimum absolute atomic E-state index is 0.744. The first kappa shape index (κ1) is 22.3. The van der Waals surface area contributed by atoms with Gasteiger partial charge in [-0.15, -0.1) is 0 Å². The van der Waals surface area contributed by atoms with Gasteiger partial charge in [-0.05, 0) is 36.7 Å². The van der Waals surface area contributed by atoms with E-state index in [0.29, 0.717) is 0 Å². The molecule has 7 nitrogen and oxygen atoms in total. The van der Waals surface area contributed by atoms with E-state index in [4.69, 9.17) is 40.9 Å². The van der Waals surface area contributed by atoms with Crippen molar-refractivity contribution in [1.29, 1.82) is 0 Å². The summed E-state index contributed by atoms with van der Waals surface area (Å²) in [5.41, 5.74) is 2.36. The van der Waals surface area contributed by atoms with Crippen molar-refractivity contribution >= 4 is 23.5 Å². The van der Waals surface area contributed by atoms with Gasteiger partial charge in [0.2, 0.25) is 0 Å². The van der Waals surface area contributed by atoms with Gasteiger partial charge in [-0.3, -0.25) is 0 Å². The van der Waals surface area contributed by atoms with Crippen LogP contribution in [0.5, 0.6) is 11.5 Å². The van der Waals surface area contributed by atoms with Crippen molar-refractivity contribution in [2.45, 2.75) is 13.0 Å². The second-order valence-electron chi connectivity index (χ2n) is 5.32. The third kappa shape index (κ3) is 7.98. The zero-order chi connectivity index (χ0) is 20.2. The molecule has 0 aromatic heterocycles. The highest BCUT2D eigenvalue weighted by Gasteiger charge is 2.08. The second kappa shape index (κ2) is 11.8. The molecule has 0 spiro atoms. The molecule has 3 N–H and O–H groups in total. The molecule has 0 aliphatic heterocycles. The van der Waals surface area contributed by atoms with Crippen molar-refractivity contribution in [3.05, 3.63) is 58.6 Å². The first-order valence-corrected chi connectivity index (χ1v) is 8.38. The van der Waals surface area contributed by atoms with Crippen LogP contribution in [0, 0.1) is 0 Å². The number of aliphatic carboxylic acids is 2. The summed E-state index contributed by atoms with van der Waals surface area (Å²) < 4.78 is 10.7. The van der Waals surface area contributed by atoms with E-state index < -0.39 is 11.9 Å². The summed E-state index contributed by atoms with van der Waals surface area (Å²) in [4.78, 5) is 18.2. The van der Waals surface area contributed by atoms with E-state index in [2.05, 4.69) is 17.4 Å². The number of hydrogen-bond donors (Lipinski definition) is 3. The molecule has 0 fully saturated rings. The minimum atomic E-state index is -1.82. The van der Waals surface area contributed by atoms with E-state index in [1.54, 1.807) is 14.2 Å². The van der Waals surface area contributed by atoms with Gasteiger partial charge in [-0.25, -0.2) is 9.59 Å². The number of rotatable bonds is 7. The third-order valence-corrected chi connectivity index (χ3v) is 3.74. The molecule has 0 aliphatic rings. The Kier molecular flexibility index (Phi) is 9.71. The summed E-state index contributed by atoms with van der Waals surface area (Å²) in [6.07, 6.45) is 0.962. The van der Waals surface area contributed by atoms with Gasteiger partial charge in [0.05, 0.1) is 14.2 Å². The highest BCUT2D eigenvalue weighted by molar-refractivity contribution is 6.30. The van der Waals surface area contributed by atoms with E-state index in [0.717, 1.165) is 41.6 Å². The number of carboxylic acid groups (broad SMARTS) is 2. The van der Waals surface area contributed by atoms with E-state index >= 15 is 0 Å². The number of hydrogen-bond acceptors (Lipinski definition) is 5. The fourth-order valence-corrected chi connectivity index (χ4v) is 2.33. The summed E-state index contributed by atoms with van der Waals surface area (Å²) in [7, 11) is 3.31. The molecular formula is C19H22ClNO6. The fraction of sp³-hybridized carbons (Fsp3) is 0.263. The third-order valence-electron chi connectivity index (χ3n) is 3.49. The summed E-state index contributed by atoms with van der Waals surface area (Å²) in [6, 6.07) is 13.8. The molecule has 0 saturated heterocycles. The molecule has 146 valence electrons. The van der Waals surface area contributed by atoms with E-state index in [1.807, 2.05) is 30.3 Å². The predicted molar refractivity (Wildman–Crippen MR) is 102 cm³/mol. The molecule has 0 aliphatic carbocycles. The van der Waals surface area contributed by atoms with Crippen molar-refractivity contribution in [2.24, 2.45) is 0 Å². The lowest BCUT2D eigenvalue weighted by Crippen LogP contribution is -2.17. The topological polar surface area (TPSA) is 105 Å². The molecule has 0 unspecified atom stereocenters. The SMILES string of the molecule is COc1cccc(CNCCc2ccc(Cl)cc2)c1OC.O=C(O)C(=O)O. The van der Waals surface area contributed by atoms with Crippen LogP contribution >= 0.6 is 11.6 Å². The predicted octanol–water partition coefficient (Wildman–Crippen LogP) is 2.85. The number of nitrogens with one attached hydrogen (secondary N) is 1. The smallest absolute Gasteiger partial charge is 0.414 e. The van der Waals surface area contributed by atoms with Gasteiger partial charge in [0, 0.05) is 17.1 Å². The van der Waals surface area contributed by atoms with Gasteiger partial charge in [-0.1, -0.05) is 35.9 Å². The summed E-state index contributed by atoms with van der Waals surface area (Å²) >= 11 is 5.87. The molecule has 0 bridgehead atoms. The van der Waals surface area contributed by atoms with Crippen molar-refractivity contribution in [2.75, 3.05) is 20.8 Å². The van der Waals surface area contributed by atoms with Crippen LogP contribution in [0.2, 0.25) is 5.02 Å². The maximum absolute atomic E-state index is 9.10. The Morgan fingerprint density at radius 3 is 2.15 bits per heavy atom. The number of halogens is 1.